The van der Waals surface area contributed by atoms with E-state index in [0.29, 0.717) is 22.7 Å². The zero-order chi connectivity index (χ0) is 13.8. The van der Waals surface area contributed by atoms with Crippen molar-refractivity contribution in [1.82, 2.24) is 0 Å². The average Bonchev–Trinajstić information content (AvgIpc) is 2.40. The maximum absolute atomic E-state index is 13.7. The summed E-state index contributed by atoms with van der Waals surface area (Å²) in [4.78, 5) is 0. The van der Waals surface area contributed by atoms with Crippen LogP contribution in [-0.2, 0) is 6.54 Å². The van der Waals surface area contributed by atoms with Crippen LogP contribution in [0.5, 0.6) is 0 Å². The van der Waals surface area contributed by atoms with Gasteiger partial charge >= 0.3 is 0 Å². The van der Waals surface area contributed by atoms with E-state index in [2.05, 4.69) is 21.2 Å². The molecule has 0 unspecified atom stereocenters. The summed E-state index contributed by atoms with van der Waals surface area (Å²) in [6.45, 7) is 0.316. The minimum Gasteiger partial charge on any atom is -0.380 e. The minimum absolute atomic E-state index is 0.310. The van der Waals surface area contributed by atoms with Crippen molar-refractivity contribution in [2.75, 3.05) is 5.32 Å². The van der Waals surface area contributed by atoms with Gasteiger partial charge in [-0.3, -0.25) is 0 Å². The Bertz CT molecular complexity index is 652. The zero-order valence-corrected chi connectivity index (χ0v) is 12.1. The third-order valence-electron chi connectivity index (χ3n) is 2.58. The number of hydrogen-bond donors (Lipinski definition) is 1. The van der Waals surface area contributed by atoms with Crippen molar-refractivity contribution in [2.24, 2.45) is 0 Å². The molecule has 0 spiro atoms. The van der Waals surface area contributed by atoms with Crippen molar-refractivity contribution >= 4 is 33.2 Å². The predicted octanol–water partition coefficient (Wildman–Crippen LogP) is 4.73. The molecule has 0 saturated carbocycles. The first-order chi connectivity index (χ1) is 9.10. The summed E-state index contributed by atoms with van der Waals surface area (Å²) in [7, 11) is 0. The molecule has 2 aromatic carbocycles. The van der Waals surface area contributed by atoms with Crippen LogP contribution in [0, 0.1) is 17.1 Å². The van der Waals surface area contributed by atoms with E-state index in [0.717, 1.165) is 10.2 Å². The highest BCUT2D eigenvalue weighted by atomic mass is 79.9. The van der Waals surface area contributed by atoms with Gasteiger partial charge in [0.2, 0.25) is 0 Å². The molecule has 2 nitrogen and oxygen atoms in total. The van der Waals surface area contributed by atoms with E-state index in [4.69, 9.17) is 16.9 Å². The normalized spacial score (nSPS) is 10.0. The molecule has 0 atom stereocenters. The molecule has 0 aliphatic heterocycles. The largest absolute Gasteiger partial charge is 0.380 e. The number of hydrogen-bond acceptors (Lipinski definition) is 2. The Hall–Kier alpha value is -1.57. The first-order valence-corrected chi connectivity index (χ1v) is 6.64. The summed E-state index contributed by atoms with van der Waals surface area (Å²) in [5, 5.41) is 12.4. The molecule has 0 aliphatic carbocycles. The van der Waals surface area contributed by atoms with Gasteiger partial charge < -0.3 is 5.32 Å². The molecule has 19 heavy (non-hydrogen) atoms. The van der Waals surface area contributed by atoms with Gasteiger partial charge in [-0.2, -0.15) is 5.26 Å². The number of halogens is 3. The molecule has 1 N–H and O–H groups in total. The molecular weight excluding hydrogens is 331 g/mol. The van der Waals surface area contributed by atoms with Crippen molar-refractivity contribution in [1.29, 1.82) is 5.26 Å². The topological polar surface area (TPSA) is 35.8 Å². The lowest BCUT2D eigenvalue weighted by atomic mass is 10.1. The maximum Gasteiger partial charge on any atom is 0.129 e. The van der Waals surface area contributed by atoms with E-state index >= 15 is 0 Å². The zero-order valence-electron chi connectivity index (χ0n) is 9.75. The lowest BCUT2D eigenvalue weighted by molar-refractivity contribution is 0.612. The number of nitrogens with zero attached hydrogens (tertiary/aromatic N) is 1. The van der Waals surface area contributed by atoms with Crippen LogP contribution in [0.3, 0.4) is 0 Å². The van der Waals surface area contributed by atoms with Gasteiger partial charge in [-0.05, 0) is 46.3 Å². The number of benzene rings is 2. The third kappa shape index (κ3) is 3.46. The fourth-order valence-electron chi connectivity index (χ4n) is 1.58. The number of anilines is 1. The second-order valence-electron chi connectivity index (χ2n) is 3.90. The number of nitriles is 1. The van der Waals surface area contributed by atoms with Gasteiger partial charge in [-0.25, -0.2) is 4.39 Å². The van der Waals surface area contributed by atoms with Crippen molar-refractivity contribution in [3.05, 3.63) is 62.8 Å². The maximum atomic E-state index is 13.7. The first-order valence-electron chi connectivity index (χ1n) is 5.47. The van der Waals surface area contributed by atoms with Crippen LogP contribution < -0.4 is 5.32 Å². The van der Waals surface area contributed by atoms with E-state index in [1.165, 1.54) is 6.07 Å². The SMILES string of the molecule is N#Cc1ccc(CNc2cc(Cl)ccc2Br)c(F)c1. The van der Waals surface area contributed by atoms with Crippen LogP contribution in [0.2, 0.25) is 5.02 Å². The van der Waals surface area contributed by atoms with Gasteiger partial charge in [-0.1, -0.05) is 17.7 Å². The Kier molecular flexibility index (Phi) is 4.41. The molecular formula is C14H9BrClFN2. The van der Waals surface area contributed by atoms with Crippen LogP contribution in [-0.4, -0.2) is 0 Å². The summed E-state index contributed by atoms with van der Waals surface area (Å²) in [6.07, 6.45) is 0. The molecule has 0 bridgehead atoms. The molecule has 0 aliphatic rings. The van der Waals surface area contributed by atoms with Gasteiger partial charge in [0.05, 0.1) is 17.3 Å². The molecule has 2 aromatic rings. The molecule has 2 rings (SSSR count). The van der Waals surface area contributed by atoms with E-state index in [1.807, 2.05) is 12.1 Å². The van der Waals surface area contributed by atoms with Crippen LogP contribution in [0.15, 0.2) is 40.9 Å². The molecule has 0 fully saturated rings. The van der Waals surface area contributed by atoms with Gasteiger partial charge in [0.1, 0.15) is 5.82 Å². The summed E-state index contributed by atoms with van der Waals surface area (Å²) in [5.41, 5.74) is 1.59. The summed E-state index contributed by atoms with van der Waals surface area (Å²) in [5.74, 6) is -0.398. The second kappa shape index (κ2) is 6.05. The summed E-state index contributed by atoms with van der Waals surface area (Å²) >= 11 is 9.29. The summed E-state index contributed by atoms with van der Waals surface area (Å²) < 4.78 is 14.5. The van der Waals surface area contributed by atoms with Crippen molar-refractivity contribution in [3.8, 4) is 6.07 Å². The monoisotopic (exact) mass is 338 g/mol. The number of nitrogens with one attached hydrogen (secondary N) is 1. The second-order valence-corrected chi connectivity index (χ2v) is 5.19. The lowest BCUT2D eigenvalue weighted by Crippen LogP contribution is -2.02. The van der Waals surface area contributed by atoms with Crippen molar-refractivity contribution in [3.63, 3.8) is 0 Å². The van der Waals surface area contributed by atoms with E-state index in [1.54, 1.807) is 24.3 Å². The average molecular weight is 340 g/mol. The molecule has 5 heteroatoms. The van der Waals surface area contributed by atoms with Gasteiger partial charge in [-0.15, -0.1) is 0 Å². The highest BCUT2D eigenvalue weighted by molar-refractivity contribution is 9.10. The lowest BCUT2D eigenvalue weighted by Gasteiger charge is -2.10. The van der Waals surface area contributed by atoms with E-state index < -0.39 is 5.82 Å². The van der Waals surface area contributed by atoms with Crippen LogP contribution in [0.25, 0.3) is 0 Å². The van der Waals surface area contributed by atoms with E-state index in [-0.39, 0.29) is 0 Å². The molecule has 96 valence electrons. The highest BCUT2D eigenvalue weighted by Gasteiger charge is 2.05. The van der Waals surface area contributed by atoms with E-state index in [9.17, 15) is 4.39 Å². The highest BCUT2D eigenvalue weighted by Crippen LogP contribution is 2.26. The Labute approximate surface area is 123 Å². The Morgan fingerprint density at radius 3 is 2.74 bits per heavy atom. The van der Waals surface area contributed by atoms with Gasteiger partial charge in [0, 0.05) is 21.6 Å². The standard InChI is InChI=1S/C14H9BrClFN2/c15-12-4-3-11(16)6-14(12)19-8-10-2-1-9(7-18)5-13(10)17/h1-6,19H,8H2. The molecule has 0 saturated heterocycles. The third-order valence-corrected chi connectivity index (χ3v) is 3.51. The fraction of sp³-hybridized carbons (Fsp3) is 0.0714. The van der Waals surface area contributed by atoms with Gasteiger partial charge in [0.25, 0.3) is 0 Å². The minimum atomic E-state index is -0.398. The van der Waals surface area contributed by atoms with Gasteiger partial charge in [0.15, 0.2) is 0 Å². The fourth-order valence-corrected chi connectivity index (χ4v) is 2.14. The van der Waals surface area contributed by atoms with Crippen molar-refractivity contribution in [2.45, 2.75) is 6.54 Å². The Morgan fingerprint density at radius 2 is 2.05 bits per heavy atom. The smallest absolute Gasteiger partial charge is 0.129 e. The number of rotatable bonds is 3. The Balaban J connectivity index is 2.15. The van der Waals surface area contributed by atoms with Crippen molar-refractivity contribution < 1.29 is 4.39 Å². The molecule has 0 aromatic heterocycles. The van der Waals surface area contributed by atoms with Crippen LogP contribution in [0.4, 0.5) is 10.1 Å². The first kappa shape index (κ1) is 13.9. The van der Waals surface area contributed by atoms with Crippen LogP contribution in [0.1, 0.15) is 11.1 Å². The molecule has 0 radical (unpaired) electrons. The summed E-state index contributed by atoms with van der Waals surface area (Å²) in [6, 6.07) is 11.7. The van der Waals surface area contributed by atoms with Crippen LogP contribution >= 0.6 is 27.5 Å². The molecule has 0 amide bonds. The molecule has 0 heterocycles. The predicted molar refractivity (Wildman–Crippen MR) is 77.6 cm³/mol. The quantitative estimate of drug-likeness (QED) is 0.878. The Morgan fingerprint density at radius 1 is 1.26 bits per heavy atom.